The van der Waals surface area contributed by atoms with Crippen LogP contribution in [0.2, 0.25) is 0 Å². The second kappa shape index (κ2) is 6.35. The SMILES string of the molecule is Cc1ccc(C=CC(=O)N2CCC(CO)C2)c(Br)c1. The van der Waals surface area contributed by atoms with Crippen molar-refractivity contribution in [3.05, 3.63) is 39.9 Å². The van der Waals surface area contributed by atoms with Gasteiger partial charge in [0, 0.05) is 36.2 Å². The third-order valence-electron chi connectivity index (χ3n) is 3.42. The summed E-state index contributed by atoms with van der Waals surface area (Å²) in [6.45, 7) is 3.60. The predicted molar refractivity (Wildman–Crippen MR) is 79.7 cm³/mol. The van der Waals surface area contributed by atoms with Gasteiger partial charge in [-0.15, -0.1) is 0 Å². The van der Waals surface area contributed by atoms with E-state index in [2.05, 4.69) is 15.9 Å². The van der Waals surface area contributed by atoms with Crippen LogP contribution in [-0.4, -0.2) is 35.6 Å². The zero-order valence-electron chi connectivity index (χ0n) is 11.0. The molecule has 1 aromatic rings. The second-order valence-electron chi connectivity index (χ2n) is 4.98. The van der Waals surface area contributed by atoms with Crippen LogP contribution in [0, 0.1) is 12.8 Å². The van der Waals surface area contributed by atoms with Gasteiger partial charge in [-0.05, 0) is 36.6 Å². The van der Waals surface area contributed by atoms with Crippen LogP contribution >= 0.6 is 15.9 Å². The second-order valence-corrected chi connectivity index (χ2v) is 5.83. The Balaban J connectivity index is 2.00. The van der Waals surface area contributed by atoms with Crippen molar-refractivity contribution in [1.82, 2.24) is 4.90 Å². The number of aliphatic hydroxyl groups is 1. The molecule has 2 rings (SSSR count). The lowest BCUT2D eigenvalue weighted by Crippen LogP contribution is -2.27. The van der Waals surface area contributed by atoms with E-state index in [9.17, 15) is 4.79 Å². The standard InChI is InChI=1S/C15H18BrNO2/c1-11-2-3-13(14(16)8-11)4-5-15(19)17-7-6-12(9-17)10-18/h2-5,8,12,18H,6-7,9-10H2,1H3. The van der Waals surface area contributed by atoms with E-state index in [4.69, 9.17) is 5.11 Å². The molecule has 3 nitrogen and oxygen atoms in total. The molecule has 1 unspecified atom stereocenters. The summed E-state index contributed by atoms with van der Waals surface area (Å²) >= 11 is 3.49. The van der Waals surface area contributed by atoms with Crippen LogP contribution in [0.25, 0.3) is 6.08 Å². The number of aliphatic hydroxyl groups excluding tert-OH is 1. The van der Waals surface area contributed by atoms with Gasteiger partial charge in [0.1, 0.15) is 0 Å². The molecule has 0 saturated carbocycles. The largest absolute Gasteiger partial charge is 0.396 e. The van der Waals surface area contributed by atoms with Gasteiger partial charge in [-0.25, -0.2) is 0 Å². The van der Waals surface area contributed by atoms with Crippen molar-refractivity contribution in [3.8, 4) is 0 Å². The van der Waals surface area contributed by atoms with Gasteiger partial charge in [0.05, 0.1) is 0 Å². The Labute approximate surface area is 122 Å². The summed E-state index contributed by atoms with van der Waals surface area (Å²) in [5.41, 5.74) is 2.18. The van der Waals surface area contributed by atoms with Gasteiger partial charge >= 0.3 is 0 Å². The van der Waals surface area contributed by atoms with Crippen molar-refractivity contribution in [2.75, 3.05) is 19.7 Å². The number of halogens is 1. The molecule has 1 amide bonds. The summed E-state index contributed by atoms with van der Waals surface area (Å²) in [6.07, 6.45) is 4.33. The first-order valence-corrected chi connectivity index (χ1v) is 7.23. The first-order valence-electron chi connectivity index (χ1n) is 6.44. The summed E-state index contributed by atoms with van der Waals surface area (Å²) in [7, 11) is 0. The number of likely N-dealkylation sites (tertiary alicyclic amines) is 1. The molecule has 4 heteroatoms. The normalized spacial score (nSPS) is 19.3. The Bertz CT molecular complexity index is 499. The van der Waals surface area contributed by atoms with Crippen LogP contribution < -0.4 is 0 Å². The number of rotatable bonds is 3. The first kappa shape index (κ1) is 14.3. The molecule has 1 atom stereocenters. The van der Waals surface area contributed by atoms with Crippen molar-refractivity contribution >= 4 is 27.9 Å². The lowest BCUT2D eigenvalue weighted by atomic mass is 10.1. The zero-order valence-corrected chi connectivity index (χ0v) is 12.6. The number of carbonyl (C=O) groups is 1. The average Bonchev–Trinajstić information content (AvgIpc) is 2.86. The van der Waals surface area contributed by atoms with E-state index < -0.39 is 0 Å². The molecule has 19 heavy (non-hydrogen) atoms. The molecular weight excluding hydrogens is 306 g/mol. The maximum Gasteiger partial charge on any atom is 0.246 e. The van der Waals surface area contributed by atoms with Crippen molar-refractivity contribution in [1.29, 1.82) is 0 Å². The summed E-state index contributed by atoms with van der Waals surface area (Å²) in [4.78, 5) is 13.8. The highest BCUT2D eigenvalue weighted by Gasteiger charge is 2.24. The van der Waals surface area contributed by atoms with Crippen molar-refractivity contribution < 1.29 is 9.90 Å². The zero-order chi connectivity index (χ0) is 13.8. The predicted octanol–water partition coefficient (Wildman–Crippen LogP) is 2.61. The number of hydrogen-bond acceptors (Lipinski definition) is 2. The Hall–Kier alpha value is -1.13. The average molecular weight is 324 g/mol. The smallest absolute Gasteiger partial charge is 0.246 e. The van der Waals surface area contributed by atoms with Crippen LogP contribution in [0.1, 0.15) is 17.5 Å². The molecule has 0 bridgehead atoms. The number of carbonyl (C=O) groups excluding carboxylic acids is 1. The van der Waals surface area contributed by atoms with Crippen LogP contribution in [0.15, 0.2) is 28.7 Å². The Morgan fingerprint density at radius 2 is 2.37 bits per heavy atom. The van der Waals surface area contributed by atoms with Crippen LogP contribution in [0.5, 0.6) is 0 Å². The van der Waals surface area contributed by atoms with E-state index >= 15 is 0 Å². The Morgan fingerprint density at radius 1 is 1.58 bits per heavy atom. The minimum atomic E-state index is 0.0171. The highest BCUT2D eigenvalue weighted by Crippen LogP contribution is 2.20. The Morgan fingerprint density at radius 3 is 3.00 bits per heavy atom. The molecule has 1 heterocycles. The number of hydrogen-bond donors (Lipinski definition) is 1. The maximum absolute atomic E-state index is 12.0. The van der Waals surface area contributed by atoms with Crippen molar-refractivity contribution in [2.45, 2.75) is 13.3 Å². The number of benzene rings is 1. The number of amides is 1. The minimum absolute atomic E-state index is 0.0171. The van der Waals surface area contributed by atoms with Crippen LogP contribution in [0.3, 0.4) is 0 Å². The molecule has 1 fully saturated rings. The van der Waals surface area contributed by atoms with Crippen molar-refractivity contribution in [3.63, 3.8) is 0 Å². The third kappa shape index (κ3) is 3.67. The van der Waals surface area contributed by atoms with Crippen molar-refractivity contribution in [2.24, 2.45) is 5.92 Å². The van der Waals surface area contributed by atoms with Gasteiger partial charge in [0.15, 0.2) is 0 Å². The third-order valence-corrected chi connectivity index (χ3v) is 4.10. The minimum Gasteiger partial charge on any atom is -0.396 e. The summed E-state index contributed by atoms with van der Waals surface area (Å²) in [6, 6.07) is 6.04. The Kier molecular flexibility index (Phi) is 4.77. The molecule has 0 radical (unpaired) electrons. The van der Waals surface area contributed by atoms with Gasteiger partial charge < -0.3 is 10.0 Å². The van der Waals surface area contributed by atoms with E-state index in [1.165, 1.54) is 5.56 Å². The van der Waals surface area contributed by atoms with Gasteiger partial charge in [-0.3, -0.25) is 4.79 Å². The number of aryl methyl sites for hydroxylation is 1. The maximum atomic E-state index is 12.0. The molecule has 1 N–H and O–H groups in total. The number of nitrogens with zero attached hydrogens (tertiary/aromatic N) is 1. The summed E-state index contributed by atoms with van der Waals surface area (Å²) < 4.78 is 0.992. The summed E-state index contributed by atoms with van der Waals surface area (Å²) in [5.74, 6) is 0.256. The topological polar surface area (TPSA) is 40.5 Å². The molecular formula is C15H18BrNO2. The van der Waals surface area contributed by atoms with E-state index in [1.54, 1.807) is 11.0 Å². The lowest BCUT2D eigenvalue weighted by molar-refractivity contribution is -0.125. The van der Waals surface area contributed by atoms with E-state index in [1.807, 2.05) is 31.2 Å². The van der Waals surface area contributed by atoms with E-state index in [0.29, 0.717) is 6.54 Å². The van der Waals surface area contributed by atoms with Crippen LogP contribution in [-0.2, 0) is 4.79 Å². The van der Waals surface area contributed by atoms with Gasteiger partial charge in [0.25, 0.3) is 0 Å². The summed E-state index contributed by atoms with van der Waals surface area (Å²) in [5, 5.41) is 9.07. The quantitative estimate of drug-likeness (QED) is 0.869. The molecule has 102 valence electrons. The molecule has 1 aromatic carbocycles. The molecule has 0 aromatic heterocycles. The fraction of sp³-hybridized carbons (Fsp3) is 0.400. The molecule has 1 aliphatic rings. The molecule has 0 spiro atoms. The van der Waals surface area contributed by atoms with Gasteiger partial charge in [-0.1, -0.05) is 28.1 Å². The molecule has 1 aliphatic heterocycles. The van der Waals surface area contributed by atoms with Gasteiger partial charge in [0.2, 0.25) is 5.91 Å². The highest BCUT2D eigenvalue weighted by atomic mass is 79.9. The van der Waals surface area contributed by atoms with Crippen LogP contribution in [0.4, 0.5) is 0 Å². The lowest BCUT2D eigenvalue weighted by Gasteiger charge is -2.13. The monoisotopic (exact) mass is 323 g/mol. The fourth-order valence-corrected chi connectivity index (χ4v) is 2.84. The van der Waals surface area contributed by atoms with Gasteiger partial charge in [-0.2, -0.15) is 0 Å². The molecule has 1 saturated heterocycles. The first-order chi connectivity index (χ1) is 9.10. The highest BCUT2D eigenvalue weighted by molar-refractivity contribution is 9.10. The van der Waals surface area contributed by atoms with E-state index in [-0.39, 0.29) is 18.4 Å². The van der Waals surface area contributed by atoms with E-state index in [0.717, 1.165) is 23.0 Å². The fourth-order valence-electron chi connectivity index (χ4n) is 2.22. The molecule has 0 aliphatic carbocycles.